The van der Waals surface area contributed by atoms with Gasteiger partial charge >= 0.3 is 0 Å². The van der Waals surface area contributed by atoms with Gasteiger partial charge in [-0.1, -0.05) is 19.4 Å². The lowest BCUT2D eigenvalue weighted by Crippen LogP contribution is -2.50. The van der Waals surface area contributed by atoms with Crippen LogP contribution >= 0.6 is 0 Å². The van der Waals surface area contributed by atoms with Crippen molar-refractivity contribution in [3.05, 3.63) is 12.7 Å². The molecule has 2 aliphatic rings. The molecule has 1 saturated heterocycles. The highest BCUT2D eigenvalue weighted by molar-refractivity contribution is 4.96. The summed E-state index contributed by atoms with van der Waals surface area (Å²) in [5, 5.41) is 3.83. The summed E-state index contributed by atoms with van der Waals surface area (Å²) in [5.41, 5.74) is 0.504. The van der Waals surface area contributed by atoms with Crippen molar-refractivity contribution in [2.75, 3.05) is 6.54 Å². The van der Waals surface area contributed by atoms with Crippen LogP contribution in [0.1, 0.15) is 51.9 Å². The fraction of sp³-hybridized carbons (Fsp3) is 0.857. The third-order valence-electron chi connectivity index (χ3n) is 4.50. The molecule has 1 heteroatoms. The Labute approximate surface area is 94.3 Å². The average Bonchev–Trinajstić information content (AvgIpc) is 2.46. The highest BCUT2D eigenvalue weighted by Crippen LogP contribution is 2.36. The maximum Gasteiger partial charge on any atom is 0.0182 e. The second-order valence-electron chi connectivity index (χ2n) is 5.73. The molecule has 1 spiro atoms. The number of rotatable bonds is 1. The fourth-order valence-corrected chi connectivity index (χ4v) is 3.20. The monoisotopic (exact) mass is 207 g/mol. The molecule has 1 unspecified atom stereocenters. The van der Waals surface area contributed by atoms with E-state index in [0.29, 0.717) is 5.54 Å². The minimum atomic E-state index is 0.504. The summed E-state index contributed by atoms with van der Waals surface area (Å²) >= 11 is 0. The molecule has 1 nitrogen and oxygen atoms in total. The molecule has 0 radical (unpaired) electrons. The van der Waals surface area contributed by atoms with Crippen LogP contribution in [-0.2, 0) is 0 Å². The molecule has 0 aromatic heterocycles. The van der Waals surface area contributed by atoms with E-state index in [1.807, 2.05) is 0 Å². The molecule has 1 aliphatic carbocycles. The molecule has 0 amide bonds. The zero-order valence-corrected chi connectivity index (χ0v) is 10.1. The van der Waals surface area contributed by atoms with E-state index in [-0.39, 0.29) is 0 Å². The van der Waals surface area contributed by atoms with Crippen LogP contribution in [0.3, 0.4) is 0 Å². The van der Waals surface area contributed by atoms with Crippen LogP contribution in [0.4, 0.5) is 0 Å². The maximum atomic E-state index is 3.95. The molecule has 1 aliphatic heterocycles. The molecule has 0 aromatic carbocycles. The van der Waals surface area contributed by atoms with Crippen molar-refractivity contribution in [3.63, 3.8) is 0 Å². The van der Waals surface area contributed by atoms with Crippen LogP contribution in [0.5, 0.6) is 0 Å². The summed E-state index contributed by atoms with van der Waals surface area (Å²) in [7, 11) is 0. The highest BCUT2D eigenvalue weighted by Gasteiger charge is 2.34. The van der Waals surface area contributed by atoms with Crippen molar-refractivity contribution >= 4 is 0 Å². The van der Waals surface area contributed by atoms with Gasteiger partial charge in [0.05, 0.1) is 0 Å². The Morgan fingerprint density at radius 3 is 2.67 bits per heavy atom. The van der Waals surface area contributed by atoms with Gasteiger partial charge in [-0.3, -0.25) is 0 Å². The lowest BCUT2D eigenvalue weighted by atomic mass is 9.79. The van der Waals surface area contributed by atoms with E-state index < -0.39 is 0 Å². The van der Waals surface area contributed by atoms with Crippen LogP contribution in [0.2, 0.25) is 0 Å². The van der Waals surface area contributed by atoms with Gasteiger partial charge in [0.15, 0.2) is 0 Å². The number of hydrogen-bond acceptors (Lipinski definition) is 1. The Balaban J connectivity index is 1.94. The first-order valence-corrected chi connectivity index (χ1v) is 6.62. The number of nitrogens with one attached hydrogen (secondary N) is 1. The van der Waals surface area contributed by atoms with E-state index in [1.54, 1.807) is 0 Å². The molecular weight excluding hydrogens is 182 g/mol. The summed E-state index contributed by atoms with van der Waals surface area (Å²) in [4.78, 5) is 0. The SMILES string of the molecule is C=CC1CCC[C@]2(CC1)CC[C@@H](C)CN2. The van der Waals surface area contributed by atoms with Gasteiger partial charge in [0.2, 0.25) is 0 Å². The smallest absolute Gasteiger partial charge is 0.0182 e. The normalized spacial score (nSPS) is 42.5. The minimum absolute atomic E-state index is 0.504. The molecule has 3 atom stereocenters. The number of hydrogen-bond donors (Lipinski definition) is 1. The van der Waals surface area contributed by atoms with Gasteiger partial charge in [-0.05, 0) is 56.9 Å². The van der Waals surface area contributed by atoms with Crippen LogP contribution in [0.25, 0.3) is 0 Å². The molecule has 86 valence electrons. The van der Waals surface area contributed by atoms with Gasteiger partial charge in [-0.15, -0.1) is 6.58 Å². The molecular formula is C14H25N. The Kier molecular flexibility index (Phi) is 3.50. The van der Waals surface area contributed by atoms with E-state index in [9.17, 15) is 0 Å². The Hall–Kier alpha value is -0.300. The summed E-state index contributed by atoms with van der Waals surface area (Å²) in [5.74, 6) is 1.67. The first-order valence-electron chi connectivity index (χ1n) is 6.62. The third-order valence-corrected chi connectivity index (χ3v) is 4.50. The lowest BCUT2D eigenvalue weighted by Gasteiger charge is -2.40. The first kappa shape index (κ1) is 11.2. The molecule has 0 aromatic rings. The quantitative estimate of drug-likeness (QED) is 0.649. The van der Waals surface area contributed by atoms with Gasteiger partial charge in [0.1, 0.15) is 0 Å². The molecule has 1 heterocycles. The fourth-order valence-electron chi connectivity index (χ4n) is 3.20. The molecule has 2 rings (SSSR count). The largest absolute Gasteiger partial charge is 0.311 e. The zero-order chi connectivity index (χ0) is 10.7. The van der Waals surface area contributed by atoms with Crippen LogP contribution in [0.15, 0.2) is 12.7 Å². The Bertz CT molecular complexity index is 213. The molecule has 15 heavy (non-hydrogen) atoms. The summed E-state index contributed by atoms with van der Waals surface area (Å²) in [6, 6.07) is 0. The highest BCUT2D eigenvalue weighted by atomic mass is 15.0. The Morgan fingerprint density at radius 2 is 2.00 bits per heavy atom. The standard InChI is InChI=1S/C14H25N/c1-3-13-5-4-8-14(10-7-13)9-6-12(2)11-15-14/h3,12-13,15H,1,4-11H2,2H3/t12-,13?,14-/m1/s1. The lowest BCUT2D eigenvalue weighted by molar-refractivity contribution is 0.189. The molecule has 1 saturated carbocycles. The van der Waals surface area contributed by atoms with Crippen LogP contribution in [-0.4, -0.2) is 12.1 Å². The van der Waals surface area contributed by atoms with Gasteiger partial charge in [-0.2, -0.15) is 0 Å². The second-order valence-corrected chi connectivity index (χ2v) is 5.73. The van der Waals surface area contributed by atoms with Gasteiger partial charge in [0, 0.05) is 5.54 Å². The molecule has 0 bridgehead atoms. The summed E-state index contributed by atoms with van der Waals surface area (Å²) < 4.78 is 0. The van der Waals surface area contributed by atoms with Crippen molar-refractivity contribution in [2.45, 2.75) is 57.4 Å². The van der Waals surface area contributed by atoms with E-state index in [4.69, 9.17) is 0 Å². The predicted molar refractivity (Wildman–Crippen MR) is 65.9 cm³/mol. The van der Waals surface area contributed by atoms with Gasteiger partial charge in [0.25, 0.3) is 0 Å². The van der Waals surface area contributed by atoms with E-state index in [1.165, 1.54) is 51.5 Å². The maximum absolute atomic E-state index is 3.95. The van der Waals surface area contributed by atoms with Crippen molar-refractivity contribution in [3.8, 4) is 0 Å². The third kappa shape index (κ3) is 2.63. The number of allylic oxidation sites excluding steroid dienone is 1. The van der Waals surface area contributed by atoms with Crippen molar-refractivity contribution in [1.29, 1.82) is 0 Å². The Morgan fingerprint density at radius 1 is 1.20 bits per heavy atom. The molecule has 2 fully saturated rings. The summed E-state index contributed by atoms with van der Waals surface area (Å²) in [6.07, 6.45) is 11.9. The van der Waals surface area contributed by atoms with Crippen molar-refractivity contribution < 1.29 is 0 Å². The van der Waals surface area contributed by atoms with Gasteiger partial charge in [-0.25, -0.2) is 0 Å². The first-order chi connectivity index (χ1) is 7.24. The van der Waals surface area contributed by atoms with Crippen molar-refractivity contribution in [1.82, 2.24) is 5.32 Å². The van der Waals surface area contributed by atoms with Crippen molar-refractivity contribution in [2.24, 2.45) is 11.8 Å². The van der Waals surface area contributed by atoms with E-state index >= 15 is 0 Å². The predicted octanol–water partition coefficient (Wildman–Crippen LogP) is 3.51. The topological polar surface area (TPSA) is 12.0 Å². The molecule has 1 N–H and O–H groups in total. The van der Waals surface area contributed by atoms with E-state index in [0.717, 1.165) is 11.8 Å². The second kappa shape index (κ2) is 4.69. The average molecular weight is 207 g/mol. The van der Waals surface area contributed by atoms with Gasteiger partial charge < -0.3 is 5.32 Å². The summed E-state index contributed by atoms with van der Waals surface area (Å²) in [6.45, 7) is 7.55. The van der Waals surface area contributed by atoms with Crippen LogP contribution < -0.4 is 5.32 Å². The zero-order valence-electron chi connectivity index (χ0n) is 10.1. The van der Waals surface area contributed by atoms with Crippen LogP contribution in [0, 0.1) is 11.8 Å². The van der Waals surface area contributed by atoms with E-state index in [2.05, 4.69) is 24.9 Å². The number of piperidine rings is 1. The minimum Gasteiger partial charge on any atom is -0.311 e.